The smallest absolute Gasteiger partial charge is 0.286 e. The third-order valence-corrected chi connectivity index (χ3v) is 5.47. The fraction of sp³-hybridized carbons (Fsp3) is 0.188. The Bertz CT molecular complexity index is 1020. The van der Waals surface area contributed by atoms with E-state index in [4.69, 9.17) is 12.2 Å². The van der Waals surface area contributed by atoms with Crippen molar-refractivity contribution in [3.63, 3.8) is 0 Å². The van der Waals surface area contributed by atoms with Crippen LogP contribution in [0.25, 0.3) is 5.57 Å². The molecule has 0 bridgehead atoms. The van der Waals surface area contributed by atoms with Crippen molar-refractivity contribution >= 4 is 68.9 Å². The summed E-state index contributed by atoms with van der Waals surface area (Å²) in [6, 6.07) is 3.87. The number of nitro benzene ring substituents is 1. The number of nitro groups is 1. The van der Waals surface area contributed by atoms with Crippen LogP contribution in [0.4, 0.5) is 11.4 Å². The number of thioether (sulfide) groups is 1. The van der Waals surface area contributed by atoms with Crippen LogP contribution in [0, 0.1) is 10.1 Å². The molecule has 3 rings (SSSR count). The number of hydrogen-bond acceptors (Lipinski definition) is 8. The normalized spacial score (nSPS) is 18.6. The maximum atomic E-state index is 12.9. The zero-order valence-electron chi connectivity index (χ0n) is 14.8. The van der Waals surface area contributed by atoms with Gasteiger partial charge in [-0.05, 0) is 18.3 Å². The summed E-state index contributed by atoms with van der Waals surface area (Å²) in [5, 5.41) is 12.4. The van der Waals surface area contributed by atoms with Crippen molar-refractivity contribution in [3.8, 4) is 0 Å². The zero-order chi connectivity index (χ0) is 20.9. The number of carbonyl (C=O) groups excluding carboxylic acids is 4. The number of benzene rings is 1. The van der Waals surface area contributed by atoms with Gasteiger partial charge >= 0.3 is 0 Å². The van der Waals surface area contributed by atoms with Gasteiger partial charge < -0.3 is 4.90 Å². The summed E-state index contributed by atoms with van der Waals surface area (Å²) in [6.07, 6.45) is 0. The van der Waals surface area contributed by atoms with Crippen molar-refractivity contribution in [2.75, 3.05) is 11.9 Å². The number of nitrogens with zero attached hydrogens (tertiary/aromatic N) is 4. The van der Waals surface area contributed by atoms with E-state index >= 15 is 0 Å². The molecule has 0 radical (unpaired) electrons. The number of imide groups is 1. The van der Waals surface area contributed by atoms with Crippen molar-refractivity contribution in [1.29, 1.82) is 0 Å². The Labute approximate surface area is 167 Å². The molecule has 0 N–H and O–H groups in total. The van der Waals surface area contributed by atoms with Crippen LogP contribution in [0.2, 0.25) is 0 Å². The number of fused-ring (bicyclic) bond motifs is 1. The van der Waals surface area contributed by atoms with Crippen LogP contribution in [0.5, 0.6) is 0 Å². The van der Waals surface area contributed by atoms with E-state index < -0.39 is 28.6 Å². The third-order valence-electron chi connectivity index (χ3n) is 4.11. The van der Waals surface area contributed by atoms with Crippen LogP contribution in [0.1, 0.15) is 19.4 Å². The fourth-order valence-electron chi connectivity index (χ4n) is 2.93. The highest BCUT2D eigenvalue weighted by Gasteiger charge is 2.45. The third kappa shape index (κ3) is 2.86. The Kier molecular flexibility index (Phi) is 4.77. The molecule has 2 aliphatic heterocycles. The largest absolute Gasteiger partial charge is 0.311 e. The lowest BCUT2D eigenvalue weighted by atomic mass is 10.1. The topological polar surface area (TPSA) is 121 Å². The first-order chi connectivity index (χ1) is 13.1. The molecular weight excluding hydrogens is 408 g/mol. The van der Waals surface area contributed by atoms with Gasteiger partial charge in [0.2, 0.25) is 11.8 Å². The molecule has 144 valence electrons. The monoisotopic (exact) mass is 420 g/mol. The number of non-ortho nitro benzene ring substituents is 1. The second kappa shape index (κ2) is 6.80. The van der Waals surface area contributed by atoms with Crippen molar-refractivity contribution < 1.29 is 24.1 Å². The van der Waals surface area contributed by atoms with Crippen LogP contribution in [0.3, 0.4) is 0 Å². The van der Waals surface area contributed by atoms with Crippen molar-refractivity contribution in [1.82, 2.24) is 10.0 Å². The van der Waals surface area contributed by atoms with E-state index in [0.717, 1.165) is 30.6 Å². The molecule has 1 aromatic rings. The highest BCUT2D eigenvalue weighted by molar-refractivity contribution is 8.26. The van der Waals surface area contributed by atoms with Crippen LogP contribution in [-0.2, 0) is 19.2 Å². The Balaban J connectivity index is 2.19. The molecule has 0 spiro atoms. The SMILES string of the molecule is CC(=O)N(C(C)=O)N1C(=O)/C(=C2\C(=O)N(C)c3ccc([N+](=O)[O-])cc32)SC1=S. The molecule has 1 saturated heterocycles. The predicted octanol–water partition coefficient (Wildman–Crippen LogP) is 1.45. The van der Waals surface area contributed by atoms with Crippen molar-refractivity contribution in [2.24, 2.45) is 0 Å². The summed E-state index contributed by atoms with van der Waals surface area (Å²) >= 11 is 5.88. The number of thiocarbonyl (C=S) groups is 1. The first-order valence-electron chi connectivity index (χ1n) is 7.74. The minimum Gasteiger partial charge on any atom is -0.311 e. The van der Waals surface area contributed by atoms with Gasteiger partial charge in [0.25, 0.3) is 17.5 Å². The average Bonchev–Trinajstić information content (AvgIpc) is 3.02. The van der Waals surface area contributed by atoms with Crippen LogP contribution >= 0.6 is 24.0 Å². The highest BCUT2D eigenvalue weighted by Crippen LogP contribution is 2.45. The van der Waals surface area contributed by atoms with Crippen molar-refractivity contribution in [3.05, 3.63) is 38.8 Å². The number of hydrogen-bond donors (Lipinski definition) is 0. The molecule has 1 fully saturated rings. The zero-order valence-corrected chi connectivity index (χ0v) is 16.4. The van der Waals surface area contributed by atoms with E-state index in [1.807, 2.05) is 0 Å². The lowest BCUT2D eigenvalue weighted by Crippen LogP contribution is -2.50. The molecule has 28 heavy (non-hydrogen) atoms. The maximum Gasteiger partial charge on any atom is 0.286 e. The standard InChI is InChI=1S/C16H12N4O6S2/c1-7(21)18(8(2)22)19-15(24)13(28-16(19)27)12-10-6-9(20(25)26)4-5-11(10)17(3)14(12)23/h4-6H,1-3H3/b13-12+. The van der Waals surface area contributed by atoms with Gasteiger partial charge in [-0.3, -0.25) is 29.3 Å². The molecule has 10 nitrogen and oxygen atoms in total. The molecule has 2 heterocycles. The first kappa shape index (κ1) is 19.6. The van der Waals surface area contributed by atoms with E-state index in [-0.39, 0.29) is 26.0 Å². The molecule has 0 aromatic heterocycles. The minimum atomic E-state index is -0.823. The maximum absolute atomic E-state index is 12.9. The van der Waals surface area contributed by atoms with Gasteiger partial charge in [0.1, 0.15) is 0 Å². The summed E-state index contributed by atoms with van der Waals surface area (Å²) in [7, 11) is 1.47. The molecule has 0 atom stereocenters. The summed E-state index contributed by atoms with van der Waals surface area (Å²) in [5.74, 6) is -2.81. The molecule has 0 unspecified atom stereocenters. The van der Waals surface area contributed by atoms with Crippen LogP contribution in [0.15, 0.2) is 23.1 Å². The number of hydrazine groups is 1. The number of anilines is 1. The second-order valence-corrected chi connectivity index (χ2v) is 7.51. The summed E-state index contributed by atoms with van der Waals surface area (Å²) < 4.78 is -0.104. The molecule has 12 heteroatoms. The van der Waals surface area contributed by atoms with E-state index in [1.54, 1.807) is 0 Å². The van der Waals surface area contributed by atoms with Gasteiger partial charge in [0, 0.05) is 38.6 Å². The number of carbonyl (C=O) groups is 4. The van der Waals surface area contributed by atoms with Gasteiger partial charge in [-0.15, -0.1) is 0 Å². The Morgan fingerprint density at radius 3 is 2.32 bits per heavy atom. The number of rotatable bonds is 2. The van der Waals surface area contributed by atoms with E-state index in [9.17, 15) is 29.3 Å². The van der Waals surface area contributed by atoms with Crippen LogP contribution in [-0.4, -0.2) is 49.9 Å². The van der Waals surface area contributed by atoms with Gasteiger partial charge in [-0.2, -0.15) is 10.0 Å². The Morgan fingerprint density at radius 2 is 1.79 bits per heavy atom. The lowest BCUT2D eigenvalue weighted by Gasteiger charge is -2.26. The first-order valence-corrected chi connectivity index (χ1v) is 8.97. The quantitative estimate of drug-likeness (QED) is 0.305. The minimum absolute atomic E-state index is 0.0619. The molecule has 1 aromatic carbocycles. The van der Waals surface area contributed by atoms with Gasteiger partial charge in [-0.1, -0.05) is 11.8 Å². The predicted molar refractivity (Wildman–Crippen MR) is 104 cm³/mol. The van der Waals surface area contributed by atoms with E-state index in [2.05, 4.69) is 0 Å². The lowest BCUT2D eigenvalue weighted by molar-refractivity contribution is -0.384. The van der Waals surface area contributed by atoms with E-state index in [1.165, 1.54) is 30.1 Å². The summed E-state index contributed by atoms with van der Waals surface area (Å²) in [5.41, 5.74) is 0.294. The number of amides is 4. The summed E-state index contributed by atoms with van der Waals surface area (Å²) in [4.78, 5) is 60.9. The van der Waals surface area contributed by atoms with Gasteiger partial charge in [0.05, 0.1) is 21.1 Å². The Hall–Kier alpha value is -3.12. The number of likely N-dealkylation sites (N-methyl/N-ethyl adjacent to an activating group) is 1. The summed E-state index contributed by atoms with van der Waals surface area (Å²) in [6.45, 7) is 2.19. The van der Waals surface area contributed by atoms with Crippen LogP contribution < -0.4 is 4.90 Å². The van der Waals surface area contributed by atoms with Gasteiger partial charge in [-0.25, -0.2) is 0 Å². The molecule has 0 saturated carbocycles. The molecule has 4 amide bonds. The molecular formula is C16H12N4O6S2. The molecule has 0 aliphatic carbocycles. The Morgan fingerprint density at radius 1 is 1.18 bits per heavy atom. The fourth-order valence-corrected chi connectivity index (χ4v) is 4.24. The molecule has 2 aliphatic rings. The second-order valence-electron chi connectivity index (χ2n) is 5.86. The highest BCUT2D eigenvalue weighted by atomic mass is 32.2. The average molecular weight is 420 g/mol. The van der Waals surface area contributed by atoms with Crippen molar-refractivity contribution in [2.45, 2.75) is 13.8 Å². The van der Waals surface area contributed by atoms with E-state index in [0.29, 0.717) is 10.7 Å². The van der Waals surface area contributed by atoms with Gasteiger partial charge in [0.15, 0.2) is 4.32 Å².